The van der Waals surface area contributed by atoms with Crippen LogP contribution in [-0.4, -0.2) is 22.5 Å². The van der Waals surface area contributed by atoms with Gasteiger partial charge in [0.15, 0.2) is 0 Å². The standard InChI is InChI=1S/C14H23NOS2/c1-2-9-15-13-6-3-5-12(13)8-11-18(16)14-7-4-10-17-14/h4,7,10,12-13,15H,2-3,5-6,8-9,11H2,1H3. The highest BCUT2D eigenvalue weighted by molar-refractivity contribution is 7.87. The Kier molecular flexibility index (Phi) is 5.86. The van der Waals surface area contributed by atoms with Crippen molar-refractivity contribution in [1.82, 2.24) is 5.32 Å². The Morgan fingerprint density at radius 3 is 3.11 bits per heavy atom. The van der Waals surface area contributed by atoms with Crippen molar-refractivity contribution in [2.45, 2.75) is 49.3 Å². The highest BCUT2D eigenvalue weighted by atomic mass is 32.2. The molecule has 1 aromatic heterocycles. The van der Waals surface area contributed by atoms with Crippen LogP contribution in [0.15, 0.2) is 21.7 Å². The van der Waals surface area contributed by atoms with Gasteiger partial charge in [-0.2, -0.15) is 0 Å². The lowest BCUT2D eigenvalue weighted by Crippen LogP contribution is -2.33. The van der Waals surface area contributed by atoms with Gasteiger partial charge in [0.2, 0.25) is 0 Å². The molecule has 2 nitrogen and oxygen atoms in total. The second-order valence-electron chi connectivity index (χ2n) is 5.02. The van der Waals surface area contributed by atoms with Crippen LogP contribution in [-0.2, 0) is 10.8 Å². The van der Waals surface area contributed by atoms with Crippen LogP contribution in [0.3, 0.4) is 0 Å². The van der Waals surface area contributed by atoms with E-state index in [1.165, 1.54) is 25.7 Å². The van der Waals surface area contributed by atoms with Gasteiger partial charge in [0, 0.05) is 11.8 Å². The Balaban J connectivity index is 1.77. The molecule has 0 spiro atoms. The minimum atomic E-state index is -0.778. The van der Waals surface area contributed by atoms with Crippen molar-refractivity contribution in [3.63, 3.8) is 0 Å². The maximum absolute atomic E-state index is 12.1. The Morgan fingerprint density at radius 1 is 1.50 bits per heavy atom. The topological polar surface area (TPSA) is 29.1 Å². The molecule has 0 bridgehead atoms. The molecule has 1 saturated carbocycles. The van der Waals surface area contributed by atoms with Gasteiger partial charge < -0.3 is 5.32 Å². The van der Waals surface area contributed by atoms with E-state index in [4.69, 9.17) is 0 Å². The van der Waals surface area contributed by atoms with Crippen LogP contribution in [0.4, 0.5) is 0 Å². The zero-order valence-electron chi connectivity index (χ0n) is 11.1. The Morgan fingerprint density at radius 2 is 2.39 bits per heavy atom. The summed E-state index contributed by atoms with van der Waals surface area (Å²) in [5.41, 5.74) is 0. The first kappa shape index (κ1) is 14.2. The van der Waals surface area contributed by atoms with Crippen molar-refractivity contribution in [2.75, 3.05) is 12.3 Å². The van der Waals surface area contributed by atoms with E-state index < -0.39 is 10.8 Å². The Hall–Kier alpha value is -0.190. The van der Waals surface area contributed by atoms with Crippen molar-refractivity contribution in [2.24, 2.45) is 5.92 Å². The average Bonchev–Trinajstić information content (AvgIpc) is 3.04. The number of nitrogens with one attached hydrogen (secondary N) is 1. The number of hydrogen-bond donors (Lipinski definition) is 1. The first-order valence-electron chi connectivity index (χ1n) is 6.96. The van der Waals surface area contributed by atoms with Crippen LogP contribution in [0.1, 0.15) is 39.0 Å². The third-order valence-corrected chi connectivity index (χ3v) is 6.41. The lowest BCUT2D eigenvalue weighted by molar-refractivity contribution is 0.393. The lowest BCUT2D eigenvalue weighted by Gasteiger charge is -2.20. The first-order valence-corrected chi connectivity index (χ1v) is 9.16. The molecule has 2 rings (SSSR count). The van der Waals surface area contributed by atoms with Crippen LogP contribution < -0.4 is 5.32 Å². The van der Waals surface area contributed by atoms with Crippen molar-refractivity contribution >= 4 is 22.1 Å². The largest absolute Gasteiger partial charge is 0.314 e. The van der Waals surface area contributed by atoms with Crippen molar-refractivity contribution in [3.8, 4) is 0 Å². The summed E-state index contributed by atoms with van der Waals surface area (Å²) in [4.78, 5) is 0. The predicted octanol–water partition coefficient (Wildman–Crippen LogP) is 3.41. The molecule has 1 heterocycles. The summed E-state index contributed by atoms with van der Waals surface area (Å²) in [5.74, 6) is 1.57. The quantitative estimate of drug-likeness (QED) is 0.832. The molecule has 0 amide bonds. The molecule has 1 aliphatic rings. The first-order chi connectivity index (χ1) is 8.81. The van der Waals surface area contributed by atoms with Gasteiger partial charge in [-0.25, -0.2) is 0 Å². The second-order valence-corrected chi connectivity index (χ2v) is 7.77. The number of rotatable bonds is 7. The van der Waals surface area contributed by atoms with Gasteiger partial charge >= 0.3 is 0 Å². The summed E-state index contributed by atoms with van der Waals surface area (Å²) >= 11 is 1.61. The number of thiophene rings is 1. The summed E-state index contributed by atoms with van der Waals surface area (Å²) < 4.78 is 13.1. The molecule has 18 heavy (non-hydrogen) atoms. The molecule has 3 atom stereocenters. The van der Waals surface area contributed by atoms with E-state index in [0.717, 1.165) is 28.8 Å². The summed E-state index contributed by atoms with van der Waals surface area (Å²) in [6.45, 7) is 3.33. The maximum Gasteiger partial charge on any atom is 0.0910 e. The van der Waals surface area contributed by atoms with Gasteiger partial charge in [0.05, 0.1) is 15.0 Å². The molecular weight excluding hydrogens is 262 g/mol. The van der Waals surface area contributed by atoms with E-state index in [-0.39, 0.29) is 0 Å². The van der Waals surface area contributed by atoms with Crippen LogP contribution in [0.5, 0.6) is 0 Å². The smallest absolute Gasteiger partial charge is 0.0910 e. The van der Waals surface area contributed by atoms with Gasteiger partial charge in [-0.15, -0.1) is 11.3 Å². The molecule has 0 radical (unpaired) electrons. The normalized spacial score (nSPS) is 25.4. The summed E-state index contributed by atoms with van der Waals surface area (Å²) in [6, 6.07) is 4.65. The molecule has 0 saturated heterocycles. The minimum Gasteiger partial charge on any atom is -0.314 e. The van der Waals surface area contributed by atoms with Crippen LogP contribution in [0.2, 0.25) is 0 Å². The molecule has 1 aliphatic carbocycles. The van der Waals surface area contributed by atoms with Gasteiger partial charge in [0.1, 0.15) is 0 Å². The zero-order chi connectivity index (χ0) is 12.8. The van der Waals surface area contributed by atoms with E-state index in [0.29, 0.717) is 6.04 Å². The highest BCUT2D eigenvalue weighted by Crippen LogP contribution is 2.29. The molecule has 0 aliphatic heterocycles. The van der Waals surface area contributed by atoms with E-state index in [1.807, 2.05) is 17.5 Å². The van der Waals surface area contributed by atoms with Gasteiger partial charge in [0.25, 0.3) is 0 Å². The van der Waals surface area contributed by atoms with Crippen LogP contribution in [0, 0.1) is 5.92 Å². The fourth-order valence-corrected chi connectivity index (χ4v) is 4.98. The molecule has 102 valence electrons. The van der Waals surface area contributed by atoms with Crippen LogP contribution in [0.25, 0.3) is 0 Å². The molecule has 3 unspecified atom stereocenters. The maximum atomic E-state index is 12.1. The fourth-order valence-electron chi connectivity index (χ4n) is 2.73. The lowest BCUT2D eigenvalue weighted by atomic mass is 10.0. The third-order valence-electron chi connectivity index (χ3n) is 3.71. The van der Waals surface area contributed by atoms with E-state index in [2.05, 4.69) is 12.2 Å². The molecule has 1 N–H and O–H groups in total. The van der Waals surface area contributed by atoms with E-state index in [9.17, 15) is 4.21 Å². The summed E-state index contributed by atoms with van der Waals surface area (Å²) in [6.07, 6.45) is 6.24. The third kappa shape index (κ3) is 3.90. The SMILES string of the molecule is CCCNC1CCCC1CCS(=O)c1cccs1. The van der Waals surface area contributed by atoms with Crippen molar-refractivity contribution in [1.29, 1.82) is 0 Å². The summed E-state index contributed by atoms with van der Waals surface area (Å²) in [5, 5.41) is 5.65. The molecule has 1 aromatic rings. The van der Waals surface area contributed by atoms with Crippen LogP contribution >= 0.6 is 11.3 Å². The van der Waals surface area contributed by atoms with Gasteiger partial charge in [-0.1, -0.05) is 19.4 Å². The monoisotopic (exact) mass is 285 g/mol. The molecule has 0 aromatic carbocycles. The van der Waals surface area contributed by atoms with Crippen molar-refractivity contribution in [3.05, 3.63) is 17.5 Å². The average molecular weight is 285 g/mol. The number of hydrogen-bond acceptors (Lipinski definition) is 3. The zero-order valence-corrected chi connectivity index (χ0v) is 12.7. The van der Waals surface area contributed by atoms with Crippen molar-refractivity contribution < 1.29 is 4.21 Å². The van der Waals surface area contributed by atoms with E-state index >= 15 is 0 Å². The second kappa shape index (κ2) is 7.41. The summed E-state index contributed by atoms with van der Waals surface area (Å²) in [7, 11) is -0.778. The Labute approximate surface area is 117 Å². The van der Waals surface area contributed by atoms with Gasteiger partial charge in [-0.05, 0) is 49.6 Å². The fraction of sp³-hybridized carbons (Fsp3) is 0.714. The van der Waals surface area contributed by atoms with E-state index in [1.54, 1.807) is 11.3 Å². The predicted molar refractivity (Wildman–Crippen MR) is 79.6 cm³/mol. The minimum absolute atomic E-state index is 0.672. The highest BCUT2D eigenvalue weighted by Gasteiger charge is 2.26. The Bertz CT molecular complexity index is 364. The molecular formula is C14H23NOS2. The molecule has 1 fully saturated rings. The molecule has 4 heteroatoms. The van der Waals surface area contributed by atoms with Gasteiger partial charge in [-0.3, -0.25) is 4.21 Å².